The third kappa shape index (κ3) is 4.55. The van der Waals surface area contributed by atoms with Gasteiger partial charge in [0.25, 0.3) is 10.0 Å². The maximum Gasteiger partial charge on any atom is 0.261 e. The van der Waals surface area contributed by atoms with E-state index < -0.39 is 10.0 Å². The van der Waals surface area contributed by atoms with Crippen molar-refractivity contribution in [3.05, 3.63) is 84.9 Å². The quantitative estimate of drug-likeness (QED) is 0.398. The summed E-state index contributed by atoms with van der Waals surface area (Å²) < 4.78 is 38.4. The third-order valence-corrected chi connectivity index (χ3v) is 5.93. The Morgan fingerprint density at radius 3 is 2.38 bits per heavy atom. The van der Waals surface area contributed by atoms with E-state index in [0.29, 0.717) is 28.2 Å². The fourth-order valence-electron chi connectivity index (χ4n) is 2.89. The highest BCUT2D eigenvalue weighted by Crippen LogP contribution is 2.22. The highest BCUT2D eigenvalue weighted by molar-refractivity contribution is 7.92. The molecule has 0 aliphatic heterocycles. The van der Waals surface area contributed by atoms with Gasteiger partial charge in [0.1, 0.15) is 22.9 Å². The largest absolute Gasteiger partial charge is 0.497 e. The zero-order valence-electron chi connectivity index (χ0n) is 16.9. The lowest BCUT2D eigenvalue weighted by Crippen LogP contribution is -2.12. The molecule has 0 amide bonds. The number of nitriles is 1. The molecule has 9 heteroatoms. The van der Waals surface area contributed by atoms with Gasteiger partial charge >= 0.3 is 0 Å². The van der Waals surface area contributed by atoms with Crippen molar-refractivity contribution in [3.8, 4) is 11.8 Å². The predicted molar refractivity (Wildman–Crippen MR) is 121 cm³/mol. The molecule has 4 rings (SSSR count). The van der Waals surface area contributed by atoms with Gasteiger partial charge in [0.05, 0.1) is 12.0 Å². The molecule has 0 aliphatic rings. The van der Waals surface area contributed by atoms with Crippen LogP contribution in [0, 0.1) is 11.3 Å². The summed E-state index contributed by atoms with van der Waals surface area (Å²) in [5, 5.41) is 12.4. The number of aromatic nitrogens is 1. The lowest BCUT2D eigenvalue weighted by molar-refractivity contribution is 0.415. The van der Waals surface area contributed by atoms with E-state index in [1.807, 2.05) is 18.2 Å². The molecule has 160 valence electrons. The number of rotatable bonds is 7. The number of benzene rings is 3. The number of para-hydroxylation sites is 2. The number of nitrogens with one attached hydrogen (secondary N) is 2. The first-order chi connectivity index (χ1) is 15.5. The number of methoxy groups -OCH3 is 1. The zero-order valence-corrected chi connectivity index (χ0v) is 17.8. The molecule has 3 aromatic carbocycles. The minimum atomic E-state index is -3.75. The minimum Gasteiger partial charge on any atom is -0.497 e. The van der Waals surface area contributed by atoms with Crippen LogP contribution in [-0.4, -0.2) is 20.5 Å². The first kappa shape index (κ1) is 21.0. The van der Waals surface area contributed by atoms with Gasteiger partial charge in [0, 0.05) is 17.6 Å². The second-order valence-electron chi connectivity index (χ2n) is 6.66. The Hall–Kier alpha value is -4.29. The van der Waals surface area contributed by atoms with E-state index in [4.69, 9.17) is 9.15 Å². The smallest absolute Gasteiger partial charge is 0.261 e. The number of anilines is 2. The average Bonchev–Trinajstić information content (AvgIpc) is 3.24. The van der Waals surface area contributed by atoms with E-state index in [1.165, 1.54) is 25.4 Å². The summed E-state index contributed by atoms with van der Waals surface area (Å²) >= 11 is 0. The van der Waals surface area contributed by atoms with Gasteiger partial charge in [0.2, 0.25) is 5.89 Å². The molecular weight excluding hydrogens is 428 g/mol. The molecular formula is C23H18N4O4S. The fraction of sp³-hybridized carbons (Fsp3) is 0.0435. The second-order valence-corrected chi connectivity index (χ2v) is 8.34. The van der Waals surface area contributed by atoms with Crippen molar-refractivity contribution in [1.29, 1.82) is 5.26 Å². The molecule has 0 radical (unpaired) electrons. The Morgan fingerprint density at radius 2 is 1.72 bits per heavy atom. The molecule has 0 fully saturated rings. The minimum absolute atomic E-state index is 0.0994. The molecule has 4 aromatic rings. The lowest BCUT2D eigenvalue weighted by atomic mass is 10.3. The van der Waals surface area contributed by atoms with Crippen LogP contribution in [0.4, 0.5) is 11.4 Å². The van der Waals surface area contributed by atoms with Crippen molar-refractivity contribution in [2.45, 2.75) is 4.90 Å². The summed E-state index contributed by atoms with van der Waals surface area (Å²) in [5.74, 6) is 0.829. The van der Waals surface area contributed by atoms with Gasteiger partial charge < -0.3 is 14.5 Å². The Kier molecular flexibility index (Phi) is 5.79. The second kappa shape index (κ2) is 8.83. The van der Waals surface area contributed by atoms with Crippen molar-refractivity contribution in [3.63, 3.8) is 0 Å². The van der Waals surface area contributed by atoms with Crippen molar-refractivity contribution in [2.24, 2.45) is 0 Å². The lowest BCUT2D eigenvalue weighted by Gasteiger charge is -2.09. The van der Waals surface area contributed by atoms with Crippen LogP contribution in [0.15, 0.2) is 88.3 Å². The first-order valence-electron chi connectivity index (χ1n) is 9.48. The summed E-state index contributed by atoms with van der Waals surface area (Å²) in [6, 6.07) is 22.0. The van der Waals surface area contributed by atoms with Crippen molar-refractivity contribution >= 4 is 38.1 Å². The molecule has 0 saturated carbocycles. The van der Waals surface area contributed by atoms with E-state index >= 15 is 0 Å². The topological polar surface area (TPSA) is 117 Å². The molecule has 0 bridgehead atoms. The third-order valence-electron chi connectivity index (χ3n) is 4.53. The molecule has 0 spiro atoms. The van der Waals surface area contributed by atoms with Gasteiger partial charge in [-0.3, -0.25) is 4.72 Å². The van der Waals surface area contributed by atoms with Crippen LogP contribution >= 0.6 is 0 Å². The van der Waals surface area contributed by atoms with Gasteiger partial charge in [-0.2, -0.15) is 5.26 Å². The summed E-state index contributed by atoms with van der Waals surface area (Å²) in [4.78, 5) is 4.40. The van der Waals surface area contributed by atoms with Gasteiger partial charge in [-0.15, -0.1) is 0 Å². The van der Waals surface area contributed by atoms with Crippen molar-refractivity contribution in [1.82, 2.24) is 4.98 Å². The maximum absolute atomic E-state index is 12.6. The molecule has 0 saturated heterocycles. The van der Waals surface area contributed by atoms with Crippen LogP contribution in [0.1, 0.15) is 5.89 Å². The van der Waals surface area contributed by atoms with E-state index in [2.05, 4.69) is 15.0 Å². The van der Waals surface area contributed by atoms with Crippen LogP contribution in [0.25, 0.3) is 16.7 Å². The molecule has 1 aromatic heterocycles. The standard InChI is InChI=1S/C23H18N4O4S/c1-30-19-10-6-18(7-11-19)27-32(28,29)20-12-8-17(9-13-20)25-15-16(14-24)23-26-21-4-2-3-5-22(21)31-23/h2-13,15,25,27H,1H3. The van der Waals surface area contributed by atoms with Gasteiger partial charge in [0.15, 0.2) is 5.58 Å². The summed E-state index contributed by atoms with van der Waals surface area (Å²) in [6.07, 6.45) is 1.46. The Morgan fingerprint density at radius 1 is 1.03 bits per heavy atom. The Balaban J connectivity index is 1.48. The molecule has 0 aliphatic carbocycles. The van der Waals surface area contributed by atoms with Crippen molar-refractivity contribution < 1.29 is 17.6 Å². The highest BCUT2D eigenvalue weighted by atomic mass is 32.2. The SMILES string of the molecule is COc1ccc(NS(=O)(=O)c2ccc(NC=C(C#N)c3nc4ccccc4o3)cc2)cc1. The number of allylic oxidation sites excluding steroid dienone is 1. The summed E-state index contributed by atoms with van der Waals surface area (Å²) in [7, 11) is -2.22. The monoisotopic (exact) mass is 446 g/mol. The van der Waals surface area contributed by atoms with Crippen LogP contribution in [-0.2, 0) is 10.0 Å². The Bertz CT molecular complexity index is 1380. The van der Waals surface area contributed by atoms with Crippen LogP contribution in [0.2, 0.25) is 0 Å². The maximum atomic E-state index is 12.6. The molecule has 32 heavy (non-hydrogen) atoms. The van der Waals surface area contributed by atoms with Crippen LogP contribution in [0.5, 0.6) is 5.75 Å². The number of hydrogen-bond acceptors (Lipinski definition) is 7. The predicted octanol–water partition coefficient (Wildman–Crippen LogP) is 4.61. The normalized spacial score (nSPS) is 11.7. The summed E-state index contributed by atoms with van der Waals surface area (Å²) in [5.41, 5.74) is 2.47. The molecule has 1 heterocycles. The van der Waals surface area contributed by atoms with Crippen LogP contribution < -0.4 is 14.8 Å². The van der Waals surface area contributed by atoms with Gasteiger partial charge in [-0.25, -0.2) is 13.4 Å². The van der Waals surface area contributed by atoms with Crippen molar-refractivity contribution in [2.75, 3.05) is 17.1 Å². The summed E-state index contributed by atoms with van der Waals surface area (Å²) in [6.45, 7) is 0. The number of fused-ring (bicyclic) bond motifs is 1. The zero-order chi connectivity index (χ0) is 22.6. The number of hydrogen-bond donors (Lipinski definition) is 2. The van der Waals surface area contributed by atoms with E-state index in [1.54, 1.807) is 48.5 Å². The number of nitrogens with zero attached hydrogens (tertiary/aromatic N) is 2. The van der Waals surface area contributed by atoms with Gasteiger partial charge in [-0.1, -0.05) is 12.1 Å². The number of ether oxygens (including phenoxy) is 1. The van der Waals surface area contributed by atoms with E-state index in [9.17, 15) is 13.7 Å². The molecule has 8 nitrogen and oxygen atoms in total. The van der Waals surface area contributed by atoms with Gasteiger partial charge in [-0.05, 0) is 60.7 Å². The molecule has 0 atom stereocenters. The highest BCUT2D eigenvalue weighted by Gasteiger charge is 2.14. The molecule has 2 N–H and O–H groups in total. The van der Waals surface area contributed by atoms with E-state index in [-0.39, 0.29) is 16.4 Å². The number of sulfonamides is 1. The van der Waals surface area contributed by atoms with E-state index in [0.717, 1.165) is 0 Å². The van der Waals surface area contributed by atoms with Crippen LogP contribution in [0.3, 0.4) is 0 Å². The molecule has 0 unspecified atom stereocenters. The number of oxazole rings is 1. The average molecular weight is 446 g/mol. The first-order valence-corrected chi connectivity index (χ1v) is 11.0. The fourth-order valence-corrected chi connectivity index (χ4v) is 3.95. The Labute approximate surface area is 184 Å².